The molecular weight excluding hydrogens is 295 g/mol. The summed E-state index contributed by atoms with van der Waals surface area (Å²) in [5.41, 5.74) is 0.729. The van der Waals surface area contributed by atoms with Crippen LogP contribution in [0.3, 0.4) is 0 Å². The average Bonchev–Trinajstić information content (AvgIpc) is 2.69. The molecule has 0 spiro atoms. The Morgan fingerprint density at radius 2 is 1.95 bits per heavy atom. The number of hydrogen-bond donors (Lipinski definition) is 1. The SMILES string of the molecule is CC(C)=C1SC(=O)N(CC(=O)Nc2ccccc2F)C1=O. The van der Waals surface area contributed by atoms with Gasteiger partial charge in [0.25, 0.3) is 11.1 Å². The number of allylic oxidation sites excluding steroid dienone is 1. The first kappa shape index (κ1) is 15.2. The second kappa shape index (κ2) is 6.09. The third kappa shape index (κ3) is 3.30. The van der Waals surface area contributed by atoms with E-state index in [2.05, 4.69) is 5.32 Å². The fraction of sp³-hybridized carbons (Fsp3) is 0.214. The Bertz CT molecular complexity index is 653. The van der Waals surface area contributed by atoms with Crippen LogP contribution in [0.2, 0.25) is 0 Å². The maximum atomic E-state index is 13.4. The van der Waals surface area contributed by atoms with Crippen LogP contribution in [0.5, 0.6) is 0 Å². The van der Waals surface area contributed by atoms with E-state index in [4.69, 9.17) is 0 Å². The van der Waals surface area contributed by atoms with Crippen molar-refractivity contribution >= 4 is 34.5 Å². The maximum Gasteiger partial charge on any atom is 0.294 e. The van der Waals surface area contributed by atoms with Gasteiger partial charge >= 0.3 is 0 Å². The lowest BCUT2D eigenvalue weighted by Gasteiger charge is -2.12. The number of hydrogen-bond acceptors (Lipinski definition) is 4. The summed E-state index contributed by atoms with van der Waals surface area (Å²) in [6, 6.07) is 5.67. The minimum absolute atomic E-state index is 0.0108. The van der Waals surface area contributed by atoms with Crippen LogP contribution in [0.25, 0.3) is 0 Å². The highest BCUT2D eigenvalue weighted by Gasteiger charge is 2.36. The highest BCUT2D eigenvalue weighted by Crippen LogP contribution is 2.32. The number of nitrogens with one attached hydrogen (secondary N) is 1. The Morgan fingerprint density at radius 3 is 2.52 bits per heavy atom. The van der Waals surface area contributed by atoms with Crippen LogP contribution >= 0.6 is 11.8 Å². The number of anilines is 1. The highest BCUT2D eigenvalue weighted by molar-refractivity contribution is 8.18. The summed E-state index contributed by atoms with van der Waals surface area (Å²) in [6.07, 6.45) is 0. The lowest BCUT2D eigenvalue weighted by atomic mass is 10.3. The van der Waals surface area contributed by atoms with Gasteiger partial charge in [-0.25, -0.2) is 4.39 Å². The van der Waals surface area contributed by atoms with E-state index in [0.29, 0.717) is 4.91 Å². The summed E-state index contributed by atoms with van der Waals surface area (Å²) in [4.78, 5) is 36.7. The van der Waals surface area contributed by atoms with Gasteiger partial charge in [0.2, 0.25) is 5.91 Å². The van der Waals surface area contributed by atoms with Gasteiger partial charge in [-0.1, -0.05) is 17.7 Å². The smallest absolute Gasteiger partial charge is 0.294 e. The number of halogens is 1. The number of para-hydroxylation sites is 1. The zero-order chi connectivity index (χ0) is 15.6. The fourth-order valence-electron chi connectivity index (χ4n) is 1.74. The Morgan fingerprint density at radius 1 is 1.29 bits per heavy atom. The molecule has 1 heterocycles. The van der Waals surface area contributed by atoms with Gasteiger partial charge in [0.1, 0.15) is 12.4 Å². The third-order valence-electron chi connectivity index (χ3n) is 2.75. The van der Waals surface area contributed by atoms with Gasteiger partial charge in [-0.3, -0.25) is 19.3 Å². The van der Waals surface area contributed by atoms with Crippen LogP contribution in [-0.2, 0) is 9.59 Å². The summed E-state index contributed by atoms with van der Waals surface area (Å²) in [5, 5.41) is 1.84. The highest BCUT2D eigenvalue weighted by atomic mass is 32.2. The third-order valence-corrected chi connectivity index (χ3v) is 3.93. The molecule has 1 aromatic carbocycles. The predicted molar refractivity (Wildman–Crippen MR) is 78.1 cm³/mol. The maximum absolute atomic E-state index is 13.4. The van der Waals surface area contributed by atoms with E-state index >= 15 is 0 Å². The molecule has 110 valence electrons. The molecule has 0 radical (unpaired) electrons. The van der Waals surface area contributed by atoms with E-state index < -0.39 is 29.4 Å². The molecule has 21 heavy (non-hydrogen) atoms. The van der Waals surface area contributed by atoms with Crippen molar-refractivity contribution in [2.45, 2.75) is 13.8 Å². The zero-order valence-electron chi connectivity index (χ0n) is 11.5. The second-order valence-electron chi connectivity index (χ2n) is 4.62. The number of carbonyl (C=O) groups excluding carboxylic acids is 3. The molecule has 0 bridgehead atoms. The molecule has 1 saturated heterocycles. The van der Waals surface area contributed by atoms with Crippen molar-refractivity contribution < 1.29 is 18.8 Å². The van der Waals surface area contributed by atoms with Crippen molar-refractivity contribution in [1.29, 1.82) is 0 Å². The number of amides is 3. The van der Waals surface area contributed by atoms with E-state index in [-0.39, 0.29) is 5.69 Å². The van der Waals surface area contributed by atoms with Crippen molar-refractivity contribution in [3.8, 4) is 0 Å². The molecule has 1 fully saturated rings. The van der Waals surface area contributed by atoms with Crippen LogP contribution in [-0.4, -0.2) is 28.5 Å². The Balaban J connectivity index is 2.07. The number of rotatable bonds is 3. The number of carbonyl (C=O) groups is 3. The first-order valence-electron chi connectivity index (χ1n) is 6.15. The molecule has 3 amide bonds. The second-order valence-corrected chi connectivity index (χ2v) is 5.58. The first-order chi connectivity index (χ1) is 9.90. The topological polar surface area (TPSA) is 66.5 Å². The first-order valence-corrected chi connectivity index (χ1v) is 6.97. The Kier molecular flexibility index (Phi) is 4.42. The summed E-state index contributed by atoms with van der Waals surface area (Å²) >= 11 is 0.804. The van der Waals surface area contributed by atoms with Crippen LogP contribution < -0.4 is 5.32 Å². The van der Waals surface area contributed by atoms with Crippen LogP contribution in [0, 0.1) is 5.82 Å². The van der Waals surface area contributed by atoms with E-state index in [1.54, 1.807) is 19.9 Å². The quantitative estimate of drug-likeness (QED) is 0.872. The van der Waals surface area contributed by atoms with Crippen molar-refractivity contribution in [3.63, 3.8) is 0 Å². The molecule has 5 nitrogen and oxygen atoms in total. The molecule has 1 aliphatic heterocycles. The van der Waals surface area contributed by atoms with Crippen LogP contribution in [0.15, 0.2) is 34.7 Å². The van der Waals surface area contributed by atoms with Gasteiger partial charge in [-0.05, 0) is 37.7 Å². The summed E-state index contributed by atoms with van der Waals surface area (Å²) < 4.78 is 13.4. The Hall–Kier alpha value is -2.15. The monoisotopic (exact) mass is 308 g/mol. The largest absolute Gasteiger partial charge is 0.322 e. The minimum atomic E-state index is -0.627. The van der Waals surface area contributed by atoms with Gasteiger partial charge in [0.15, 0.2) is 0 Å². The lowest BCUT2D eigenvalue weighted by molar-refractivity contribution is -0.127. The van der Waals surface area contributed by atoms with Gasteiger partial charge in [0.05, 0.1) is 10.6 Å². The van der Waals surface area contributed by atoms with Gasteiger partial charge in [0, 0.05) is 0 Å². The number of benzene rings is 1. The predicted octanol–water partition coefficient (Wildman–Crippen LogP) is 2.75. The van der Waals surface area contributed by atoms with Crippen LogP contribution in [0.1, 0.15) is 13.8 Å². The van der Waals surface area contributed by atoms with E-state index in [9.17, 15) is 18.8 Å². The van der Waals surface area contributed by atoms with Crippen molar-refractivity contribution in [3.05, 3.63) is 40.6 Å². The molecule has 0 aromatic heterocycles. The Labute approximate surface area is 125 Å². The van der Waals surface area contributed by atoms with Crippen molar-refractivity contribution in [2.75, 3.05) is 11.9 Å². The molecule has 1 aliphatic rings. The average molecular weight is 308 g/mol. The molecular formula is C14H13FN2O3S. The molecule has 0 unspecified atom stereocenters. The molecule has 7 heteroatoms. The van der Waals surface area contributed by atoms with E-state index in [1.165, 1.54) is 18.2 Å². The van der Waals surface area contributed by atoms with E-state index in [1.807, 2.05) is 0 Å². The molecule has 1 aromatic rings. The lowest BCUT2D eigenvalue weighted by Crippen LogP contribution is -2.36. The molecule has 2 rings (SSSR count). The van der Waals surface area contributed by atoms with Gasteiger partial charge in [-0.15, -0.1) is 0 Å². The number of nitrogens with zero attached hydrogens (tertiary/aromatic N) is 1. The van der Waals surface area contributed by atoms with Crippen LogP contribution in [0.4, 0.5) is 14.9 Å². The zero-order valence-corrected chi connectivity index (χ0v) is 12.3. The summed E-state index contributed by atoms with van der Waals surface area (Å²) in [5.74, 6) is -1.70. The molecule has 0 aliphatic carbocycles. The molecule has 0 atom stereocenters. The van der Waals surface area contributed by atoms with Gasteiger partial charge in [-0.2, -0.15) is 0 Å². The molecule has 1 N–H and O–H groups in total. The minimum Gasteiger partial charge on any atom is -0.322 e. The molecule has 0 saturated carbocycles. The van der Waals surface area contributed by atoms with E-state index in [0.717, 1.165) is 22.2 Å². The van der Waals surface area contributed by atoms with Crippen molar-refractivity contribution in [2.24, 2.45) is 0 Å². The summed E-state index contributed by atoms with van der Waals surface area (Å²) in [7, 11) is 0. The normalized spacial score (nSPS) is 14.6. The van der Waals surface area contributed by atoms with Gasteiger partial charge < -0.3 is 5.32 Å². The number of imide groups is 1. The standard InChI is InChI=1S/C14H13FN2O3S/c1-8(2)12-13(19)17(14(20)21-12)7-11(18)16-10-6-4-3-5-9(10)15/h3-6H,7H2,1-2H3,(H,16,18). The van der Waals surface area contributed by atoms with Crippen molar-refractivity contribution in [1.82, 2.24) is 4.90 Å². The summed E-state index contributed by atoms with van der Waals surface area (Å²) in [6.45, 7) is 3.00. The fourth-order valence-corrected chi connectivity index (χ4v) is 2.57. The number of thioether (sulfide) groups is 1.